The normalized spacial score (nSPS) is 21.7. The topological polar surface area (TPSA) is 64.2 Å². The van der Waals surface area contributed by atoms with Gasteiger partial charge in [0.05, 0.1) is 11.9 Å². The Morgan fingerprint density at radius 2 is 2.25 bits per heavy atom. The summed E-state index contributed by atoms with van der Waals surface area (Å²) in [5.41, 5.74) is 6.34. The number of hydrogen-bond acceptors (Lipinski definition) is 3. The summed E-state index contributed by atoms with van der Waals surface area (Å²) in [6, 6.07) is 0. The Balaban J connectivity index is 1.98. The monoisotopic (exact) mass is 220 g/mol. The lowest BCUT2D eigenvalue weighted by atomic mass is 10.1. The van der Waals surface area contributed by atoms with E-state index >= 15 is 0 Å². The first kappa shape index (κ1) is 9.69. The number of anilines is 2. The maximum absolute atomic E-state index is 12.3. The van der Waals surface area contributed by atoms with Crippen LogP contribution in [0.15, 0.2) is 6.20 Å². The maximum Gasteiger partial charge on any atom is 0.234 e. The van der Waals surface area contributed by atoms with Crippen LogP contribution in [0.3, 0.4) is 0 Å². The van der Waals surface area contributed by atoms with E-state index in [0.29, 0.717) is 5.69 Å². The van der Waals surface area contributed by atoms with Crippen LogP contribution in [0.1, 0.15) is 26.2 Å². The summed E-state index contributed by atoms with van der Waals surface area (Å²) >= 11 is 0. The number of amides is 1. The molecule has 0 spiro atoms. The number of hydrogen-bond donors (Lipinski definition) is 1. The van der Waals surface area contributed by atoms with Crippen molar-refractivity contribution >= 4 is 17.4 Å². The van der Waals surface area contributed by atoms with Crippen molar-refractivity contribution in [3.63, 3.8) is 0 Å². The van der Waals surface area contributed by atoms with Gasteiger partial charge in [0.1, 0.15) is 0 Å². The van der Waals surface area contributed by atoms with E-state index in [-0.39, 0.29) is 11.3 Å². The fraction of sp³-hybridized carbons (Fsp3) is 0.636. The van der Waals surface area contributed by atoms with Crippen LogP contribution < -0.4 is 10.6 Å². The highest BCUT2D eigenvalue weighted by Gasteiger charge is 2.48. The van der Waals surface area contributed by atoms with Crippen molar-refractivity contribution in [2.75, 3.05) is 17.2 Å². The van der Waals surface area contributed by atoms with Crippen LogP contribution in [0.5, 0.6) is 0 Å². The Hall–Kier alpha value is -1.52. The zero-order chi connectivity index (χ0) is 11.3. The van der Waals surface area contributed by atoms with E-state index in [1.165, 1.54) is 0 Å². The average molecular weight is 220 g/mol. The van der Waals surface area contributed by atoms with Gasteiger partial charge in [0.15, 0.2) is 5.82 Å². The summed E-state index contributed by atoms with van der Waals surface area (Å²) < 4.78 is 1.84. The molecule has 0 saturated heterocycles. The SMILES string of the molecule is CC1(C(=O)N2CCCn3ncc(N)c32)CC1. The molecule has 1 aliphatic heterocycles. The number of rotatable bonds is 1. The summed E-state index contributed by atoms with van der Waals surface area (Å²) in [4.78, 5) is 14.1. The molecule has 1 aromatic heterocycles. The molecule has 0 unspecified atom stereocenters. The standard InChI is InChI=1S/C11H16N4O/c1-11(3-4-11)10(16)14-5-2-6-15-9(14)8(12)7-13-15/h7H,2-6,12H2,1H3. The van der Waals surface area contributed by atoms with Gasteiger partial charge < -0.3 is 5.73 Å². The molecular formula is C11H16N4O. The molecule has 2 heterocycles. The summed E-state index contributed by atoms with van der Waals surface area (Å²) in [6.45, 7) is 3.65. The van der Waals surface area contributed by atoms with Crippen LogP contribution in [-0.4, -0.2) is 22.2 Å². The van der Waals surface area contributed by atoms with E-state index in [4.69, 9.17) is 5.73 Å². The number of aromatic nitrogens is 2. The highest BCUT2D eigenvalue weighted by atomic mass is 16.2. The van der Waals surface area contributed by atoms with Gasteiger partial charge in [0, 0.05) is 18.5 Å². The molecule has 2 N–H and O–H groups in total. The molecule has 1 amide bonds. The van der Waals surface area contributed by atoms with E-state index in [0.717, 1.165) is 38.2 Å². The molecule has 0 aromatic carbocycles. The Morgan fingerprint density at radius 1 is 1.50 bits per heavy atom. The fourth-order valence-electron chi connectivity index (χ4n) is 2.26. The van der Waals surface area contributed by atoms with E-state index < -0.39 is 0 Å². The highest BCUT2D eigenvalue weighted by molar-refractivity contribution is 6.00. The number of nitrogens with zero attached hydrogens (tertiary/aromatic N) is 3. The zero-order valence-electron chi connectivity index (χ0n) is 9.44. The molecule has 16 heavy (non-hydrogen) atoms. The average Bonchev–Trinajstić information content (AvgIpc) is 2.93. The summed E-state index contributed by atoms with van der Waals surface area (Å²) in [5.74, 6) is 1.00. The van der Waals surface area contributed by atoms with Gasteiger partial charge in [-0.25, -0.2) is 4.68 Å². The van der Waals surface area contributed by atoms with Crippen LogP contribution >= 0.6 is 0 Å². The summed E-state index contributed by atoms with van der Waals surface area (Å²) in [5, 5.41) is 4.19. The minimum absolute atomic E-state index is 0.140. The molecule has 1 aromatic rings. The minimum atomic E-state index is -0.140. The van der Waals surface area contributed by atoms with Crippen molar-refractivity contribution in [2.24, 2.45) is 5.41 Å². The van der Waals surface area contributed by atoms with Crippen LogP contribution in [0.25, 0.3) is 0 Å². The van der Waals surface area contributed by atoms with Crippen molar-refractivity contribution in [2.45, 2.75) is 32.7 Å². The number of fused-ring (bicyclic) bond motifs is 1. The molecule has 1 fully saturated rings. The van der Waals surface area contributed by atoms with E-state index in [2.05, 4.69) is 5.10 Å². The van der Waals surface area contributed by atoms with Gasteiger partial charge in [0.25, 0.3) is 0 Å². The molecule has 0 atom stereocenters. The molecule has 3 rings (SSSR count). The minimum Gasteiger partial charge on any atom is -0.394 e. The van der Waals surface area contributed by atoms with Crippen LogP contribution in [0.2, 0.25) is 0 Å². The lowest BCUT2D eigenvalue weighted by molar-refractivity contribution is -0.123. The van der Waals surface area contributed by atoms with Gasteiger partial charge in [-0.15, -0.1) is 0 Å². The highest BCUT2D eigenvalue weighted by Crippen LogP contribution is 2.47. The maximum atomic E-state index is 12.3. The Kier molecular flexibility index (Phi) is 1.81. The van der Waals surface area contributed by atoms with Crippen LogP contribution in [-0.2, 0) is 11.3 Å². The molecule has 5 nitrogen and oxygen atoms in total. The third-order valence-electron chi connectivity index (χ3n) is 3.61. The largest absolute Gasteiger partial charge is 0.394 e. The predicted octanol–water partition coefficient (Wildman–Crippen LogP) is 1.00. The Bertz CT molecular complexity index is 447. The van der Waals surface area contributed by atoms with Gasteiger partial charge in [0.2, 0.25) is 5.91 Å². The molecule has 86 valence electrons. The van der Waals surface area contributed by atoms with Crippen molar-refractivity contribution < 1.29 is 4.79 Å². The molecule has 5 heteroatoms. The van der Waals surface area contributed by atoms with Crippen molar-refractivity contribution in [3.05, 3.63) is 6.20 Å². The molecular weight excluding hydrogens is 204 g/mol. The quantitative estimate of drug-likeness (QED) is 0.768. The van der Waals surface area contributed by atoms with Crippen LogP contribution in [0.4, 0.5) is 11.5 Å². The van der Waals surface area contributed by atoms with E-state index in [1.54, 1.807) is 6.20 Å². The lowest BCUT2D eigenvalue weighted by Gasteiger charge is -2.30. The van der Waals surface area contributed by atoms with Crippen molar-refractivity contribution in [3.8, 4) is 0 Å². The predicted molar refractivity (Wildman–Crippen MR) is 61.0 cm³/mol. The first-order valence-electron chi connectivity index (χ1n) is 5.75. The number of carbonyl (C=O) groups excluding carboxylic acids is 1. The van der Waals surface area contributed by atoms with Gasteiger partial charge in [-0.1, -0.05) is 6.92 Å². The number of aryl methyl sites for hydroxylation is 1. The van der Waals surface area contributed by atoms with Gasteiger partial charge >= 0.3 is 0 Å². The zero-order valence-corrected chi connectivity index (χ0v) is 9.44. The molecule has 2 aliphatic rings. The fourth-order valence-corrected chi connectivity index (χ4v) is 2.26. The molecule has 1 aliphatic carbocycles. The van der Waals surface area contributed by atoms with Gasteiger partial charge in [-0.05, 0) is 19.3 Å². The smallest absolute Gasteiger partial charge is 0.234 e. The second-order valence-electron chi connectivity index (χ2n) is 5.02. The molecule has 0 bridgehead atoms. The first-order valence-corrected chi connectivity index (χ1v) is 5.75. The molecule has 0 radical (unpaired) electrons. The molecule has 1 saturated carbocycles. The second kappa shape index (κ2) is 2.99. The third kappa shape index (κ3) is 1.24. The third-order valence-corrected chi connectivity index (χ3v) is 3.61. The van der Waals surface area contributed by atoms with E-state index in [1.807, 2.05) is 16.5 Å². The Morgan fingerprint density at radius 3 is 2.94 bits per heavy atom. The number of nitrogens with two attached hydrogens (primary N) is 1. The van der Waals surface area contributed by atoms with Gasteiger partial charge in [-0.2, -0.15) is 5.10 Å². The van der Waals surface area contributed by atoms with Crippen molar-refractivity contribution in [1.82, 2.24) is 9.78 Å². The van der Waals surface area contributed by atoms with Gasteiger partial charge in [-0.3, -0.25) is 9.69 Å². The summed E-state index contributed by atoms with van der Waals surface area (Å²) in [7, 11) is 0. The number of nitrogen functional groups attached to an aromatic ring is 1. The summed E-state index contributed by atoms with van der Waals surface area (Å²) in [6.07, 6.45) is 4.58. The van der Waals surface area contributed by atoms with Crippen LogP contribution in [0, 0.1) is 5.41 Å². The second-order valence-corrected chi connectivity index (χ2v) is 5.02. The van der Waals surface area contributed by atoms with Crippen molar-refractivity contribution in [1.29, 1.82) is 0 Å². The van der Waals surface area contributed by atoms with E-state index in [9.17, 15) is 4.79 Å². The lowest BCUT2D eigenvalue weighted by Crippen LogP contribution is -2.41. The Labute approximate surface area is 94.2 Å². The first-order chi connectivity index (χ1) is 7.62. The number of carbonyl (C=O) groups is 1.